The number of ether oxygens (including phenoxy) is 3. The van der Waals surface area contributed by atoms with Crippen molar-refractivity contribution >= 4 is 0 Å². The molecule has 2 saturated heterocycles. The number of hydrogen-bond donors (Lipinski definition) is 0. The van der Waals surface area contributed by atoms with Crippen molar-refractivity contribution < 1.29 is 18.6 Å². The summed E-state index contributed by atoms with van der Waals surface area (Å²) in [5.74, 6) is 2.93. The molecule has 0 radical (unpaired) electrons. The topological polar surface area (TPSA) is 47.3 Å². The average Bonchev–Trinajstić information content (AvgIpc) is 3.41. The van der Waals surface area contributed by atoms with E-state index in [-0.39, 0.29) is 0 Å². The number of nitrogens with zero attached hydrogens (tertiary/aromatic N) is 2. The summed E-state index contributed by atoms with van der Waals surface area (Å²) < 4.78 is 22.8. The Labute approximate surface area is 173 Å². The normalized spacial score (nSPS) is 20.4. The third-order valence-corrected chi connectivity index (χ3v) is 5.63. The maximum absolute atomic E-state index is 6.17. The number of methoxy groups -OCH3 is 1. The predicted molar refractivity (Wildman–Crippen MR) is 111 cm³/mol. The molecule has 0 bridgehead atoms. The highest BCUT2D eigenvalue weighted by Gasteiger charge is 2.21. The van der Waals surface area contributed by atoms with E-state index in [4.69, 9.17) is 18.6 Å². The Morgan fingerprint density at radius 2 is 1.79 bits per heavy atom. The molecule has 1 atom stereocenters. The van der Waals surface area contributed by atoms with Gasteiger partial charge in [-0.1, -0.05) is 12.1 Å². The van der Waals surface area contributed by atoms with Crippen molar-refractivity contribution in [3.8, 4) is 5.75 Å². The molecular formula is C23H32N2O4. The summed E-state index contributed by atoms with van der Waals surface area (Å²) in [7, 11) is 1.70. The van der Waals surface area contributed by atoms with Gasteiger partial charge in [0.05, 0.1) is 39.5 Å². The zero-order valence-electron chi connectivity index (χ0n) is 17.3. The molecule has 2 fully saturated rings. The molecule has 0 spiro atoms. The zero-order chi connectivity index (χ0) is 19.9. The molecule has 2 aliphatic rings. The smallest absolute Gasteiger partial charge is 0.118 e. The molecule has 158 valence electrons. The van der Waals surface area contributed by atoms with Crippen molar-refractivity contribution in [3.05, 3.63) is 53.5 Å². The van der Waals surface area contributed by atoms with Gasteiger partial charge in [0, 0.05) is 32.8 Å². The van der Waals surface area contributed by atoms with Gasteiger partial charge >= 0.3 is 0 Å². The summed E-state index contributed by atoms with van der Waals surface area (Å²) in [6, 6.07) is 12.5. The summed E-state index contributed by atoms with van der Waals surface area (Å²) in [4.78, 5) is 4.81. The summed E-state index contributed by atoms with van der Waals surface area (Å²) in [5, 5.41) is 0. The van der Waals surface area contributed by atoms with Gasteiger partial charge in [-0.05, 0) is 42.7 Å². The van der Waals surface area contributed by atoms with Crippen molar-refractivity contribution in [2.45, 2.75) is 38.6 Å². The Morgan fingerprint density at radius 1 is 1.00 bits per heavy atom. The van der Waals surface area contributed by atoms with E-state index < -0.39 is 0 Å². The monoisotopic (exact) mass is 400 g/mol. The molecule has 0 aliphatic carbocycles. The van der Waals surface area contributed by atoms with Crippen molar-refractivity contribution in [1.82, 2.24) is 9.80 Å². The third kappa shape index (κ3) is 6.06. The van der Waals surface area contributed by atoms with Gasteiger partial charge in [-0.3, -0.25) is 9.80 Å². The average molecular weight is 401 g/mol. The first-order valence-corrected chi connectivity index (χ1v) is 10.6. The SMILES string of the molecule is COc1ccc(CN(Cc2ccc(CN3CCOCC3)o2)C[C@@H]2CCCO2)cc1. The highest BCUT2D eigenvalue weighted by molar-refractivity contribution is 5.27. The van der Waals surface area contributed by atoms with Crippen molar-refractivity contribution in [2.24, 2.45) is 0 Å². The van der Waals surface area contributed by atoms with Crippen LogP contribution in [-0.2, 0) is 29.1 Å². The van der Waals surface area contributed by atoms with Crippen LogP contribution in [-0.4, -0.2) is 62.5 Å². The summed E-state index contributed by atoms with van der Waals surface area (Å²) in [5.41, 5.74) is 1.27. The molecule has 1 aromatic heterocycles. The lowest BCUT2D eigenvalue weighted by Gasteiger charge is -2.26. The highest BCUT2D eigenvalue weighted by atomic mass is 16.5. The number of benzene rings is 1. The van der Waals surface area contributed by atoms with E-state index in [0.717, 1.165) is 89.2 Å². The highest BCUT2D eigenvalue weighted by Crippen LogP contribution is 2.20. The lowest BCUT2D eigenvalue weighted by atomic mass is 10.1. The van der Waals surface area contributed by atoms with E-state index in [2.05, 4.69) is 34.1 Å². The fraction of sp³-hybridized carbons (Fsp3) is 0.565. The number of furan rings is 1. The van der Waals surface area contributed by atoms with Crippen LogP contribution in [0.2, 0.25) is 0 Å². The second-order valence-electron chi connectivity index (χ2n) is 7.91. The van der Waals surface area contributed by atoms with E-state index >= 15 is 0 Å². The van der Waals surface area contributed by atoms with Crippen molar-refractivity contribution in [1.29, 1.82) is 0 Å². The molecule has 6 nitrogen and oxygen atoms in total. The second kappa shape index (κ2) is 10.3. The minimum absolute atomic E-state index is 0.316. The first kappa shape index (κ1) is 20.4. The molecule has 2 aromatic rings. The van der Waals surface area contributed by atoms with E-state index in [1.54, 1.807) is 7.11 Å². The first-order chi connectivity index (χ1) is 14.3. The number of hydrogen-bond acceptors (Lipinski definition) is 6. The van der Waals surface area contributed by atoms with Gasteiger partial charge < -0.3 is 18.6 Å². The van der Waals surface area contributed by atoms with Gasteiger partial charge in [0.25, 0.3) is 0 Å². The lowest BCUT2D eigenvalue weighted by Crippen LogP contribution is -2.35. The minimum Gasteiger partial charge on any atom is -0.497 e. The van der Waals surface area contributed by atoms with Crippen molar-refractivity contribution in [3.63, 3.8) is 0 Å². The lowest BCUT2D eigenvalue weighted by molar-refractivity contribution is 0.0309. The molecular weight excluding hydrogens is 368 g/mol. The minimum atomic E-state index is 0.316. The second-order valence-corrected chi connectivity index (χ2v) is 7.91. The van der Waals surface area contributed by atoms with Crippen LogP contribution in [0.4, 0.5) is 0 Å². The maximum Gasteiger partial charge on any atom is 0.118 e. The van der Waals surface area contributed by atoms with Crippen molar-refractivity contribution in [2.75, 3.05) is 46.6 Å². The van der Waals surface area contributed by atoms with Crippen LogP contribution in [0, 0.1) is 0 Å². The van der Waals surface area contributed by atoms with Crippen LogP contribution in [0.5, 0.6) is 5.75 Å². The standard InChI is InChI=1S/C23H32N2O4/c1-26-20-6-4-19(5-7-20)15-25(16-21-3-2-12-28-21)18-23-9-8-22(29-23)17-24-10-13-27-14-11-24/h4-9,21H,2-3,10-18H2,1H3/t21-/m0/s1. The zero-order valence-corrected chi connectivity index (χ0v) is 17.3. The molecule has 2 aliphatic heterocycles. The van der Waals surface area contributed by atoms with E-state index in [9.17, 15) is 0 Å². The third-order valence-electron chi connectivity index (χ3n) is 5.63. The van der Waals surface area contributed by atoms with Gasteiger partial charge in [-0.2, -0.15) is 0 Å². The summed E-state index contributed by atoms with van der Waals surface area (Å²) >= 11 is 0. The molecule has 0 amide bonds. The van der Waals surface area contributed by atoms with Crippen LogP contribution in [0.3, 0.4) is 0 Å². The molecule has 0 saturated carbocycles. The molecule has 1 aromatic carbocycles. The molecule has 0 unspecified atom stereocenters. The van der Waals surface area contributed by atoms with Gasteiger partial charge in [0.2, 0.25) is 0 Å². The molecule has 0 N–H and O–H groups in total. The Bertz CT molecular complexity index is 734. The van der Waals surface area contributed by atoms with E-state index in [1.807, 2.05) is 12.1 Å². The Hall–Kier alpha value is -1.86. The summed E-state index contributed by atoms with van der Waals surface area (Å²) in [6.07, 6.45) is 2.61. The van der Waals surface area contributed by atoms with Crippen LogP contribution >= 0.6 is 0 Å². The van der Waals surface area contributed by atoms with Gasteiger partial charge in [-0.25, -0.2) is 0 Å². The van der Waals surface area contributed by atoms with Gasteiger partial charge in [0.1, 0.15) is 17.3 Å². The number of morpholine rings is 1. The largest absolute Gasteiger partial charge is 0.497 e. The maximum atomic E-state index is 6.17. The predicted octanol–water partition coefficient (Wildman–Crippen LogP) is 3.30. The Balaban J connectivity index is 1.38. The van der Waals surface area contributed by atoms with Gasteiger partial charge in [-0.15, -0.1) is 0 Å². The molecule has 4 rings (SSSR count). The number of rotatable bonds is 9. The van der Waals surface area contributed by atoms with Crippen LogP contribution < -0.4 is 4.74 Å². The van der Waals surface area contributed by atoms with Crippen LogP contribution in [0.25, 0.3) is 0 Å². The van der Waals surface area contributed by atoms with E-state index in [1.165, 1.54) is 5.56 Å². The Kier molecular flexibility index (Phi) is 7.22. The molecule has 6 heteroatoms. The fourth-order valence-electron chi connectivity index (χ4n) is 4.04. The fourth-order valence-corrected chi connectivity index (χ4v) is 4.04. The van der Waals surface area contributed by atoms with Crippen LogP contribution in [0.15, 0.2) is 40.8 Å². The van der Waals surface area contributed by atoms with Gasteiger partial charge in [0.15, 0.2) is 0 Å². The van der Waals surface area contributed by atoms with Crippen LogP contribution in [0.1, 0.15) is 29.9 Å². The quantitative estimate of drug-likeness (QED) is 0.644. The molecule has 29 heavy (non-hydrogen) atoms. The van der Waals surface area contributed by atoms with E-state index in [0.29, 0.717) is 6.10 Å². The summed E-state index contributed by atoms with van der Waals surface area (Å²) in [6.45, 7) is 7.87. The molecule has 3 heterocycles. The Morgan fingerprint density at radius 3 is 2.52 bits per heavy atom. The first-order valence-electron chi connectivity index (χ1n) is 10.6.